The van der Waals surface area contributed by atoms with Crippen molar-refractivity contribution < 1.29 is 8.78 Å². The van der Waals surface area contributed by atoms with Crippen LogP contribution in [0.1, 0.15) is 35.2 Å². The Morgan fingerprint density at radius 3 is 2.38 bits per heavy atom. The van der Waals surface area contributed by atoms with Crippen molar-refractivity contribution in [2.75, 3.05) is 6.54 Å². The highest BCUT2D eigenvalue weighted by molar-refractivity contribution is 6.31. The maximum absolute atomic E-state index is 14.3. The normalized spacial score (nSPS) is 12.5. The van der Waals surface area contributed by atoms with Gasteiger partial charge in [0.25, 0.3) is 0 Å². The third-order valence-corrected chi connectivity index (χ3v) is 3.79. The highest BCUT2D eigenvalue weighted by Crippen LogP contribution is 2.31. The van der Waals surface area contributed by atoms with Gasteiger partial charge in [-0.3, -0.25) is 0 Å². The third-order valence-electron chi connectivity index (χ3n) is 3.46. The molecule has 1 atom stereocenters. The van der Waals surface area contributed by atoms with Gasteiger partial charge in [0.1, 0.15) is 11.6 Å². The van der Waals surface area contributed by atoms with Crippen molar-refractivity contribution in [3.8, 4) is 0 Å². The molecule has 0 aliphatic heterocycles. The Bertz CT molecular complexity index is 655. The quantitative estimate of drug-likeness (QED) is 0.844. The second kappa shape index (κ2) is 6.54. The Hall–Kier alpha value is -1.45. The van der Waals surface area contributed by atoms with Gasteiger partial charge in [-0.05, 0) is 55.3 Å². The standard InChI is InChI=1S/C17H18ClF2N/c1-4-21-17(12-6-5-10(2)7-14(12)18)13-9-15(19)11(3)8-16(13)20/h5-9,17,21H,4H2,1-3H3. The van der Waals surface area contributed by atoms with Gasteiger partial charge in [-0.15, -0.1) is 0 Å². The van der Waals surface area contributed by atoms with Crippen LogP contribution < -0.4 is 5.32 Å². The van der Waals surface area contributed by atoms with Gasteiger partial charge in [0.15, 0.2) is 0 Å². The molecule has 0 amide bonds. The van der Waals surface area contributed by atoms with Gasteiger partial charge in [-0.1, -0.05) is 30.7 Å². The summed E-state index contributed by atoms with van der Waals surface area (Å²) in [5.74, 6) is -0.853. The van der Waals surface area contributed by atoms with Crippen LogP contribution in [0.3, 0.4) is 0 Å². The van der Waals surface area contributed by atoms with Gasteiger partial charge >= 0.3 is 0 Å². The van der Waals surface area contributed by atoms with Crippen LogP contribution in [0, 0.1) is 25.5 Å². The molecule has 0 saturated heterocycles. The van der Waals surface area contributed by atoms with E-state index in [4.69, 9.17) is 11.6 Å². The minimum atomic E-state index is -0.474. The van der Waals surface area contributed by atoms with Crippen molar-refractivity contribution in [1.29, 1.82) is 0 Å². The molecule has 21 heavy (non-hydrogen) atoms. The lowest BCUT2D eigenvalue weighted by molar-refractivity contribution is 0.541. The van der Waals surface area contributed by atoms with E-state index in [0.717, 1.165) is 11.1 Å². The molecule has 0 bridgehead atoms. The van der Waals surface area contributed by atoms with Crippen LogP contribution >= 0.6 is 11.6 Å². The summed E-state index contributed by atoms with van der Waals surface area (Å²) in [7, 11) is 0. The van der Waals surface area contributed by atoms with Gasteiger partial charge in [-0.25, -0.2) is 8.78 Å². The van der Waals surface area contributed by atoms with Crippen LogP contribution in [-0.4, -0.2) is 6.54 Å². The van der Waals surface area contributed by atoms with Gasteiger partial charge < -0.3 is 5.32 Å². The monoisotopic (exact) mass is 309 g/mol. The molecule has 2 rings (SSSR count). The van der Waals surface area contributed by atoms with E-state index in [0.29, 0.717) is 17.1 Å². The number of hydrogen-bond acceptors (Lipinski definition) is 1. The molecule has 1 unspecified atom stereocenters. The number of nitrogens with one attached hydrogen (secondary N) is 1. The SMILES string of the molecule is CCNC(c1cc(F)c(C)cc1F)c1ccc(C)cc1Cl. The first-order valence-electron chi connectivity index (χ1n) is 6.89. The maximum atomic E-state index is 14.3. The average Bonchev–Trinajstić information content (AvgIpc) is 2.41. The molecule has 4 heteroatoms. The van der Waals surface area contributed by atoms with Crippen molar-refractivity contribution in [2.24, 2.45) is 0 Å². The number of aryl methyl sites for hydroxylation is 2. The molecule has 1 nitrogen and oxygen atoms in total. The van der Waals surface area contributed by atoms with Crippen LogP contribution in [0.2, 0.25) is 5.02 Å². The molecular formula is C17H18ClF2N. The zero-order valence-electron chi connectivity index (χ0n) is 12.3. The molecule has 0 aromatic heterocycles. The van der Waals surface area contributed by atoms with Crippen LogP contribution in [0.15, 0.2) is 30.3 Å². The molecule has 0 aliphatic rings. The summed E-state index contributed by atoms with van der Waals surface area (Å²) < 4.78 is 28.1. The Morgan fingerprint density at radius 2 is 1.76 bits per heavy atom. The molecule has 2 aromatic carbocycles. The topological polar surface area (TPSA) is 12.0 Å². The molecular weight excluding hydrogens is 292 g/mol. The Kier molecular flexibility index (Phi) is 4.96. The highest BCUT2D eigenvalue weighted by Gasteiger charge is 2.21. The molecule has 0 aliphatic carbocycles. The van der Waals surface area contributed by atoms with Crippen LogP contribution in [0.4, 0.5) is 8.78 Å². The lowest BCUT2D eigenvalue weighted by Crippen LogP contribution is -2.23. The van der Waals surface area contributed by atoms with E-state index in [1.165, 1.54) is 12.1 Å². The van der Waals surface area contributed by atoms with E-state index in [1.54, 1.807) is 6.92 Å². The molecule has 112 valence electrons. The first-order chi connectivity index (χ1) is 9.93. The van der Waals surface area contributed by atoms with Crippen molar-refractivity contribution in [3.05, 3.63) is 69.2 Å². The first-order valence-corrected chi connectivity index (χ1v) is 7.26. The third kappa shape index (κ3) is 3.42. The Balaban J connectivity index is 2.55. The highest BCUT2D eigenvalue weighted by atomic mass is 35.5. The minimum Gasteiger partial charge on any atom is -0.306 e. The van der Waals surface area contributed by atoms with Crippen LogP contribution in [0.5, 0.6) is 0 Å². The Morgan fingerprint density at radius 1 is 1.05 bits per heavy atom. The van der Waals surface area contributed by atoms with E-state index < -0.39 is 17.7 Å². The fourth-order valence-corrected chi connectivity index (χ4v) is 2.68. The van der Waals surface area contributed by atoms with Gasteiger partial charge in [0, 0.05) is 10.6 Å². The maximum Gasteiger partial charge on any atom is 0.128 e. The summed E-state index contributed by atoms with van der Waals surface area (Å²) in [5, 5.41) is 3.71. The van der Waals surface area contributed by atoms with Gasteiger partial charge in [-0.2, -0.15) is 0 Å². The largest absolute Gasteiger partial charge is 0.306 e. The second-order valence-corrected chi connectivity index (χ2v) is 5.55. The van der Waals surface area contributed by atoms with Gasteiger partial charge in [0.2, 0.25) is 0 Å². The predicted octanol–water partition coefficient (Wildman–Crippen LogP) is 4.93. The number of benzene rings is 2. The smallest absolute Gasteiger partial charge is 0.128 e. The zero-order chi connectivity index (χ0) is 15.6. The molecule has 0 spiro atoms. The second-order valence-electron chi connectivity index (χ2n) is 5.14. The zero-order valence-corrected chi connectivity index (χ0v) is 13.1. The Labute approximate surface area is 128 Å². The lowest BCUT2D eigenvalue weighted by atomic mass is 9.96. The summed E-state index contributed by atoms with van der Waals surface area (Å²) in [6.45, 7) is 6.01. The lowest BCUT2D eigenvalue weighted by Gasteiger charge is -2.21. The van der Waals surface area contributed by atoms with E-state index >= 15 is 0 Å². The average molecular weight is 310 g/mol. The molecule has 0 fully saturated rings. The molecule has 1 N–H and O–H groups in total. The van der Waals surface area contributed by atoms with Gasteiger partial charge in [0.05, 0.1) is 6.04 Å². The molecule has 0 heterocycles. The molecule has 0 radical (unpaired) electrons. The van der Waals surface area contributed by atoms with Crippen LogP contribution in [0.25, 0.3) is 0 Å². The predicted molar refractivity (Wildman–Crippen MR) is 82.8 cm³/mol. The number of rotatable bonds is 4. The number of halogens is 3. The van der Waals surface area contributed by atoms with Crippen molar-refractivity contribution in [1.82, 2.24) is 5.32 Å². The van der Waals surface area contributed by atoms with Crippen molar-refractivity contribution in [3.63, 3.8) is 0 Å². The van der Waals surface area contributed by atoms with E-state index in [-0.39, 0.29) is 5.56 Å². The van der Waals surface area contributed by atoms with Crippen molar-refractivity contribution >= 4 is 11.6 Å². The van der Waals surface area contributed by atoms with Crippen molar-refractivity contribution in [2.45, 2.75) is 26.8 Å². The summed E-state index contributed by atoms with van der Waals surface area (Å²) >= 11 is 6.28. The molecule has 2 aromatic rings. The molecule has 0 saturated carbocycles. The minimum absolute atomic E-state index is 0.269. The van der Waals surface area contributed by atoms with E-state index in [9.17, 15) is 8.78 Å². The fraction of sp³-hybridized carbons (Fsp3) is 0.294. The summed E-state index contributed by atoms with van der Waals surface area (Å²) in [6.07, 6.45) is 0. The summed E-state index contributed by atoms with van der Waals surface area (Å²) in [5.41, 5.74) is 2.33. The first kappa shape index (κ1) is 15.9. The summed E-state index contributed by atoms with van der Waals surface area (Å²) in [4.78, 5) is 0. The van der Waals surface area contributed by atoms with E-state index in [2.05, 4.69) is 5.32 Å². The fourth-order valence-electron chi connectivity index (χ4n) is 2.34. The summed E-state index contributed by atoms with van der Waals surface area (Å²) in [6, 6.07) is 7.57. The number of hydrogen-bond donors (Lipinski definition) is 1. The van der Waals surface area contributed by atoms with E-state index in [1.807, 2.05) is 32.0 Å². The van der Waals surface area contributed by atoms with Crippen LogP contribution in [-0.2, 0) is 0 Å².